The summed E-state index contributed by atoms with van der Waals surface area (Å²) in [7, 11) is 0. The third kappa shape index (κ3) is 3.79. The van der Waals surface area contributed by atoms with Crippen molar-refractivity contribution in [3.05, 3.63) is 72.1 Å². The topological polar surface area (TPSA) is 109 Å². The molecule has 0 bridgehead atoms. The van der Waals surface area contributed by atoms with E-state index in [0.29, 0.717) is 23.7 Å². The number of pyridine rings is 1. The molecule has 0 atom stereocenters. The Kier molecular flexibility index (Phi) is 5.76. The molecule has 34 heavy (non-hydrogen) atoms. The maximum absolute atomic E-state index is 12.3. The molecular formula is C27H27N5O2. The van der Waals surface area contributed by atoms with E-state index in [1.165, 1.54) is 0 Å². The highest BCUT2D eigenvalue weighted by molar-refractivity contribution is 6.09. The van der Waals surface area contributed by atoms with E-state index in [9.17, 15) is 4.79 Å². The minimum Gasteiger partial charge on any atom is -0.493 e. The largest absolute Gasteiger partial charge is 0.493 e. The van der Waals surface area contributed by atoms with Crippen molar-refractivity contribution in [2.75, 3.05) is 12.3 Å². The molecule has 0 spiro atoms. The van der Waals surface area contributed by atoms with Crippen molar-refractivity contribution in [3.8, 4) is 5.75 Å². The molecule has 0 saturated carbocycles. The molecule has 7 heteroatoms. The zero-order chi connectivity index (χ0) is 23.7. The molecule has 0 saturated heterocycles. The fourth-order valence-electron chi connectivity index (χ4n) is 4.70. The van der Waals surface area contributed by atoms with Crippen molar-refractivity contribution < 1.29 is 9.53 Å². The van der Waals surface area contributed by atoms with Crippen LogP contribution in [0, 0.1) is 0 Å². The number of nitrogens with two attached hydrogens (primary N) is 2. The van der Waals surface area contributed by atoms with E-state index >= 15 is 0 Å². The van der Waals surface area contributed by atoms with Crippen molar-refractivity contribution in [2.45, 2.75) is 32.7 Å². The van der Waals surface area contributed by atoms with Gasteiger partial charge in [-0.3, -0.25) is 4.79 Å². The fraction of sp³-hybridized carbons (Fsp3) is 0.222. The molecule has 4 N–H and O–H groups in total. The van der Waals surface area contributed by atoms with Gasteiger partial charge < -0.3 is 20.8 Å². The number of amides is 1. The lowest BCUT2D eigenvalue weighted by Crippen LogP contribution is -2.15. The van der Waals surface area contributed by atoms with Crippen molar-refractivity contribution in [2.24, 2.45) is 5.73 Å². The maximum Gasteiger partial charge on any atom is 0.253 e. The predicted molar refractivity (Wildman–Crippen MR) is 136 cm³/mol. The normalized spacial score (nSPS) is 11.4. The average Bonchev–Trinajstić information content (AvgIpc) is 3.27. The molecule has 0 aliphatic rings. The van der Waals surface area contributed by atoms with E-state index in [1.54, 1.807) is 0 Å². The second-order valence-corrected chi connectivity index (χ2v) is 8.36. The van der Waals surface area contributed by atoms with E-state index in [2.05, 4.69) is 26.7 Å². The number of aryl methyl sites for hydroxylation is 2. The van der Waals surface area contributed by atoms with Gasteiger partial charge in [0.2, 0.25) is 0 Å². The minimum atomic E-state index is -0.468. The Balaban J connectivity index is 1.41. The van der Waals surface area contributed by atoms with Crippen LogP contribution in [0.3, 0.4) is 0 Å². The molecule has 0 aliphatic carbocycles. The molecule has 3 aromatic carbocycles. The van der Waals surface area contributed by atoms with Crippen LogP contribution in [-0.2, 0) is 13.0 Å². The number of nitrogens with zero attached hydrogens (tertiary/aromatic N) is 3. The number of anilines is 1. The average molecular weight is 454 g/mol. The molecule has 2 aromatic heterocycles. The molecular weight excluding hydrogens is 426 g/mol. The first-order chi connectivity index (χ1) is 16.6. The Hall–Kier alpha value is -4.13. The molecule has 0 fully saturated rings. The number of primary amides is 1. The number of hydrogen-bond acceptors (Lipinski definition) is 5. The van der Waals surface area contributed by atoms with Crippen LogP contribution >= 0.6 is 0 Å². The highest BCUT2D eigenvalue weighted by Gasteiger charge is 2.19. The third-order valence-electron chi connectivity index (χ3n) is 6.19. The number of para-hydroxylation sites is 1. The molecule has 7 nitrogen and oxygen atoms in total. The smallest absolute Gasteiger partial charge is 0.253 e. The molecule has 2 heterocycles. The monoisotopic (exact) mass is 453 g/mol. The van der Waals surface area contributed by atoms with Crippen LogP contribution in [0.1, 0.15) is 35.7 Å². The van der Waals surface area contributed by atoms with Gasteiger partial charge in [-0.15, -0.1) is 0 Å². The lowest BCUT2D eigenvalue weighted by Gasteiger charge is -2.16. The molecule has 5 rings (SSSR count). The Morgan fingerprint density at radius 1 is 1.06 bits per heavy atom. The van der Waals surface area contributed by atoms with Gasteiger partial charge in [-0.1, -0.05) is 42.5 Å². The number of benzene rings is 3. The molecule has 0 aliphatic heterocycles. The van der Waals surface area contributed by atoms with Gasteiger partial charge in [-0.25, -0.2) is 9.97 Å². The highest BCUT2D eigenvalue weighted by atomic mass is 16.5. The zero-order valence-corrected chi connectivity index (χ0v) is 19.1. The summed E-state index contributed by atoms with van der Waals surface area (Å²) in [4.78, 5) is 21.3. The van der Waals surface area contributed by atoms with Gasteiger partial charge in [0, 0.05) is 11.9 Å². The SMILES string of the molecule is CCOc1c(CCCCn2cnc3c(N)nc4ccccc4c32)cc2ccccc2c1C(N)=O. The van der Waals surface area contributed by atoms with Crippen LogP contribution < -0.4 is 16.2 Å². The molecule has 1 amide bonds. The number of carbonyl (C=O) groups excluding carboxylic acids is 1. The van der Waals surface area contributed by atoms with Gasteiger partial charge >= 0.3 is 0 Å². The number of nitrogen functional groups attached to an aromatic ring is 1. The second-order valence-electron chi connectivity index (χ2n) is 8.36. The Morgan fingerprint density at radius 3 is 2.62 bits per heavy atom. The Labute approximate surface area is 197 Å². The summed E-state index contributed by atoms with van der Waals surface area (Å²) in [5.74, 6) is 0.583. The first-order valence-corrected chi connectivity index (χ1v) is 11.5. The lowest BCUT2D eigenvalue weighted by atomic mass is 9.96. The van der Waals surface area contributed by atoms with Crippen LogP contribution in [0.15, 0.2) is 60.9 Å². The maximum atomic E-state index is 12.3. The van der Waals surface area contributed by atoms with E-state index in [0.717, 1.165) is 64.1 Å². The van der Waals surface area contributed by atoms with Crippen LogP contribution in [0.25, 0.3) is 32.7 Å². The Morgan fingerprint density at radius 2 is 1.82 bits per heavy atom. The van der Waals surface area contributed by atoms with Crippen LogP contribution in [0.2, 0.25) is 0 Å². The summed E-state index contributed by atoms with van der Waals surface area (Å²) in [6.07, 6.45) is 4.45. The van der Waals surface area contributed by atoms with Crippen LogP contribution in [0.4, 0.5) is 5.82 Å². The number of aromatic nitrogens is 3. The first kappa shape index (κ1) is 21.7. The van der Waals surface area contributed by atoms with Gasteiger partial charge in [0.25, 0.3) is 5.91 Å². The first-order valence-electron chi connectivity index (χ1n) is 11.5. The van der Waals surface area contributed by atoms with Crippen molar-refractivity contribution in [1.82, 2.24) is 14.5 Å². The summed E-state index contributed by atoms with van der Waals surface area (Å²) >= 11 is 0. The molecule has 172 valence electrons. The number of rotatable bonds is 8. The molecule has 5 aromatic rings. The van der Waals surface area contributed by atoms with Crippen LogP contribution in [0.5, 0.6) is 5.75 Å². The van der Waals surface area contributed by atoms with Crippen molar-refractivity contribution in [3.63, 3.8) is 0 Å². The second kappa shape index (κ2) is 9.02. The Bertz CT molecular complexity index is 1520. The lowest BCUT2D eigenvalue weighted by molar-refractivity contribution is 0.0998. The number of hydrogen-bond donors (Lipinski definition) is 2. The standard InChI is InChI=1S/C27H27N5O2/c1-2-34-25-18(15-17-9-3-4-11-19(17)22(25)27(29)33)10-7-8-14-32-16-30-23-24(32)20-12-5-6-13-21(20)31-26(23)28/h3-6,9,11-13,15-16H,2,7-8,10,14H2,1H3,(H2,28,31)(H2,29,33). The van der Waals surface area contributed by atoms with Gasteiger partial charge in [0.1, 0.15) is 11.3 Å². The van der Waals surface area contributed by atoms with Crippen molar-refractivity contribution >= 4 is 44.4 Å². The number of carbonyl (C=O) groups is 1. The summed E-state index contributed by atoms with van der Waals surface area (Å²) in [5.41, 5.74) is 16.0. The highest BCUT2D eigenvalue weighted by Crippen LogP contribution is 2.33. The van der Waals surface area contributed by atoms with Gasteiger partial charge in [0.15, 0.2) is 5.82 Å². The van der Waals surface area contributed by atoms with E-state index in [1.807, 2.05) is 55.7 Å². The summed E-state index contributed by atoms with van der Waals surface area (Å²) in [6, 6.07) is 17.9. The number of imidazole rings is 1. The van der Waals surface area contributed by atoms with E-state index in [-0.39, 0.29) is 0 Å². The van der Waals surface area contributed by atoms with Crippen molar-refractivity contribution in [1.29, 1.82) is 0 Å². The summed E-state index contributed by atoms with van der Waals surface area (Å²) < 4.78 is 8.07. The van der Waals surface area contributed by atoms with Gasteiger partial charge in [-0.05, 0) is 54.7 Å². The van der Waals surface area contributed by atoms with Gasteiger partial charge in [-0.2, -0.15) is 0 Å². The quantitative estimate of drug-likeness (QED) is 0.327. The summed E-state index contributed by atoms with van der Waals surface area (Å²) in [5, 5.41) is 2.86. The minimum absolute atomic E-state index is 0.448. The third-order valence-corrected chi connectivity index (χ3v) is 6.19. The number of ether oxygens (including phenoxy) is 1. The van der Waals surface area contributed by atoms with E-state index < -0.39 is 5.91 Å². The van der Waals surface area contributed by atoms with E-state index in [4.69, 9.17) is 16.2 Å². The fourth-order valence-corrected chi connectivity index (χ4v) is 4.70. The number of unbranched alkanes of at least 4 members (excludes halogenated alkanes) is 1. The molecule has 0 radical (unpaired) electrons. The molecule has 0 unspecified atom stereocenters. The summed E-state index contributed by atoms with van der Waals surface area (Å²) in [6.45, 7) is 3.18. The zero-order valence-electron chi connectivity index (χ0n) is 19.1. The van der Waals surface area contributed by atoms with Crippen LogP contribution in [-0.4, -0.2) is 27.0 Å². The number of fused-ring (bicyclic) bond motifs is 4. The van der Waals surface area contributed by atoms with Gasteiger partial charge in [0.05, 0.1) is 29.5 Å². The predicted octanol–water partition coefficient (Wildman–Crippen LogP) is 4.84.